The first-order valence-electron chi connectivity index (χ1n) is 6.45. The Morgan fingerprint density at radius 1 is 1.33 bits per heavy atom. The summed E-state index contributed by atoms with van der Waals surface area (Å²) in [6, 6.07) is 3.62. The molecule has 1 aliphatic heterocycles. The molecule has 0 amide bonds. The number of hydrogen-bond donors (Lipinski definition) is 0. The lowest BCUT2D eigenvalue weighted by Gasteiger charge is -2.19. The Bertz CT molecular complexity index is 656. The molecule has 1 fully saturated rings. The molecule has 1 unspecified atom stereocenters. The van der Waals surface area contributed by atoms with Crippen LogP contribution in [0.1, 0.15) is 6.42 Å². The summed E-state index contributed by atoms with van der Waals surface area (Å²) in [5.41, 5.74) is 0. The highest BCUT2D eigenvalue weighted by Crippen LogP contribution is 2.31. The summed E-state index contributed by atoms with van der Waals surface area (Å²) in [5, 5.41) is 1.14. The molecule has 110 valence electrons. The van der Waals surface area contributed by atoms with Gasteiger partial charge >= 0.3 is 0 Å². The largest absolute Gasteiger partial charge is 0.487 e. The highest BCUT2D eigenvalue weighted by molar-refractivity contribution is 9.10. The van der Waals surface area contributed by atoms with Crippen LogP contribution in [0.25, 0.3) is 0 Å². The van der Waals surface area contributed by atoms with Crippen LogP contribution < -0.4 is 9.64 Å². The molecule has 0 aliphatic carbocycles. The van der Waals surface area contributed by atoms with Crippen molar-refractivity contribution in [3.05, 3.63) is 45.2 Å². The molecular weight excluding hydrogens is 377 g/mol. The molecule has 7 heteroatoms. The normalized spacial score (nSPS) is 18.0. The fraction of sp³-hybridized carbons (Fsp3) is 0.286. The molecule has 0 spiro atoms. The maximum absolute atomic E-state index is 6.06. The van der Waals surface area contributed by atoms with Gasteiger partial charge in [-0.3, -0.25) is 4.98 Å². The van der Waals surface area contributed by atoms with Gasteiger partial charge in [-0.05, 0) is 22.0 Å². The van der Waals surface area contributed by atoms with Gasteiger partial charge in [-0.25, -0.2) is 4.98 Å². The summed E-state index contributed by atoms with van der Waals surface area (Å²) in [7, 11) is 0. The zero-order chi connectivity index (χ0) is 14.8. The molecule has 0 N–H and O–H groups in total. The van der Waals surface area contributed by atoms with E-state index in [9.17, 15) is 0 Å². The second kappa shape index (κ2) is 6.38. The number of hydrogen-bond acceptors (Lipinski definition) is 4. The molecule has 0 radical (unpaired) electrons. The summed E-state index contributed by atoms with van der Waals surface area (Å²) >= 11 is 15.5. The van der Waals surface area contributed by atoms with E-state index in [-0.39, 0.29) is 6.10 Å². The average Bonchev–Trinajstić information content (AvgIpc) is 2.90. The Labute approximate surface area is 141 Å². The molecular formula is C14H12BrCl2N3O. The topological polar surface area (TPSA) is 38.2 Å². The average molecular weight is 389 g/mol. The van der Waals surface area contributed by atoms with Gasteiger partial charge in [0.25, 0.3) is 0 Å². The van der Waals surface area contributed by atoms with Gasteiger partial charge in [-0.15, -0.1) is 0 Å². The molecule has 2 aromatic rings. The smallest absolute Gasteiger partial charge is 0.143 e. The van der Waals surface area contributed by atoms with Gasteiger partial charge in [-0.2, -0.15) is 0 Å². The minimum absolute atomic E-state index is 0.0780. The van der Waals surface area contributed by atoms with E-state index in [1.54, 1.807) is 24.7 Å². The fourth-order valence-electron chi connectivity index (χ4n) is 2.29. The lowest BCUT2D eigenvalue weighted by atomic mass is 10.3. The number of nitrogens with zero attached hydrogens (tertiary/aromatic N) is 3. The standard InChI is InChI=1S/C14H12BrCl2N3O/c15-11-5-9(16)6-19-14(11)20-4-2-10(8-20)21-13-1-3-18-7-12(13)17/h1,3,5-7,10H,2,4,8H2. The summed E-state index contributed by atoms with van der Waals surface area (Å²) in [6.45, 7) is 1.63. The molecule has 21 heavy (non-hydrogen) atoms. The van der Waals surface area contributed by atoms with Crippen molar-refractivity contribution in [2.75, 3.05) is 18.0 Å². The second-order valence-corrected chi connectivity index (χ2v) is 6.44. The summed E-state index contributed by atoms with van der Waals surface area (Å²) in [5.74, 6) is 1.55. The first-order chi connectivity index (χ1) is 10.1. The summed E-state index contributed by atoms with van der Waals surface area (Å²) < 4.78 is 6.83. The van der Waals surface area contributed by atoms with E-state index in [0.29, 0.717) is 15.8 Å². The molecule has 3 heterocycles. The Kier molecular flexibility index (Phi) is 4.52. The Balaban J connectivity index is 1.69. The highest BCUT2D eigenvalue weighted by atomic mass is 79.9. The summed E-state index contributed by atoms with van der Waals surface area (Å²) in [4.78, 5) is 10.5. The number of aromatic nitrogens is 2. The van der Waals surface area contributed by atoms with Crippen LogP contribution in [-0.2, 0) is 0 Å². The van der Waals surface area contributed by atoms with Crippen molar-refractivity contribution in [3.63, 3.8) is 0 Å². The lowest BCUT2D eigenvalue weighted by molar-refractivity contribution is 0.225. The Morgan fingerprint density at radius 3 is 2.95 bits per heavy atom. The predicted octanol–water partition coefficient (Wildman–Crippen LogP) is 4.20. The Hall–Kier alpha value is -1.04. The van der Waals surface area contributed by atoms with Gasteiger partial charge in [0, 0.05) is 37.6 Å². The van der Waals surface area contributed by atoms with Crippen molar-refractivity contribution < 1.29 is 4.74 Å². The maximum atomic E-state index is 6.06. The van der Waals surface area contributed by atoms with Crippen molar-refractivity contribution in [2.24, 2.45) is 0 Å². The zero-order valence-electron chi connectivity index (χ0n) is 11.0. The van der Waals surface area contributed by atoms with E-state index >= 15 is 0 Å². The zero-order valence-corrected chi connectivity index (χ0v) is 14.1. The maximum Gasteiger partial charge on any atom is 0.143 e. The van der Waals surface area contributed by atoms with E-state index < -0.39 is 0 Å². The molecule has 1 aliphatic rings. The molecule has 3 rings (SSSR count). The Morgan fingerprint density at radius 2 is 2.19 bits per heavy atom. The van der Waals surface area contributed by atoms with Crippen LogP contribution in [0.4, 0.5) is 5.82 Å². The molecule has 2 aromatic heterocycles. The minimum atomic E-state index is 0.0780. The van der Waals surface area contributed by atoms with Gasteiger partial charge in [-0.1, -0.05) is 23.2 Å². The van der Waals surface area contributed by atoms with E-state index in [4.69, 9.17) is 27.9 Å². The van der Waals surface area contributed by atoms with Crippen molar-refractivity contribution in [1.29, 1.82) is 0 Å². The first kappa shape index (κ1) is 14.9. The van der Waals surface area contributed by atoms with Gasteiger partial charge in [0.2, 0.25) is 0 Å². The lowest BCUT2D eigenvalue weighted by Crippen LogP contribution is -2.25. The summed E-state index contributed by atoms with van der Waals surface area (Å²) in [6.07, 6.45) is 5.89. The first-order valence-corrected chi connectivity index (χ1v) is 8.00. The molecule has 0 bridgehead atoms. The molecule has 1 saturated heterocycles. The van der Waals surface area contributed by atoms with Crippen LogP contribution in [0.15, 0.2) is 35.2 Å². The van der Waals surface area contributed by atoms with E-state index in [2.05, 4.69) is 30.8 Å². The fourth-order valence-corrected chi connectivity index (χ4v) is 3.35. The van der Waals surface area contributed by atoms with Gasteiger partial charge in [0.15, 0.2) is 0 Å². The SMILES string of the molecule is Clc1cnc(N2CCC(Oc3ccncc3Cl)C2)c(Br)c1. The number of rotatable bonds is 3. The molecule has 1 atom stereocenters. The van der Waals surface area contributed by atoms with Crippen molar-refractivity contribution in [1.82, 2.24) is 9.97 Å². The van der Waals surface area contributed by atoms with Crippen LogP contribution in [0.3, 0.4) is 0 Å². The van der Waals surface area contributed by atoms with Gasteiger partial charge in [0.1, 0.15) is 22.7 Å². The van der Waals surface area contributed by atoms with Gasteiger partial charge in [0.05, 0.1) is 16.0 Å². The van der Waals surface area contributed by atoms with E-state index in [1.165, 1.54) is 0 Å². The van der Waals surface area contributed by atoms with Crippen molar-refractivity contribution >= 4 is 44.9 Å². The monoisotopic (exact) mass is 387 g/mol. The second-order valence-electron chi connectivity index (χ2n) is 4.74. The van der Waals surface area contributed by atoms with Crippen molar-refractivity contribution in [3.8, 4) is 5.75 Å². The third-order valence-electron chi connectivity index (χ3n) is 3.26. The van der Waals surface area contributed by atoms with Gasteiger partial charge < -0.3 is 9.64 Å². The van der Waals surface area contributed by atoms with Crippen LogP contribution in [0.5, 0.6) is 5.75 Å². The number of anilines is 1. The van der Waals surface area contributed by atoms with E-state index in [1.807, 2.05) is 6.07 Å². The number of halogens is 3. The van der Waals surface area contributed by atoms with E-state index in [0.717, 1.165) is 29.8 Å². The number of pyridine rings is 2. The van der Waals surface area contributed by atoms with Crippen LogP contribution in [-0.4, -0.2) is 29.2 Å². The van der Waals surface area contributed by atoms with Crippen LogP contribution in [0, 0.1) is 0 Å². The number of ether oxygens (including phenoxy) is 1. The predicted molar refractivity (Wildman–Crippen MR) is 87.4 cm³/mol. The van der Waals surface area contributed by atoms with Crippen molar-refractivity contribution in [2.45, 2.75) is 12.5 Å². The molecule has 0 saturated carbocycles. The third-order valence-corrected chi connectivity index (χ3v) is 4.34. The molecule has 0 aromatic carbocycles. The van der Waals surface area contributed by atoms with Crippen LogP contribution >= 0.6 is 39.1 Å². The third kappa shape index (κ3) is 3.42. The highest BCUT2D eigenvalue weighted by Gasteiger charge is 2.26. The van der Waals surface area contributed by atoms with Crippen LogP contribution in [0.2, 0.25) is 10.0 Å². The minimum Gasteiger partial charge on any atom is -0.487 e. The molecule has 4 nitrogen and oxygen atoms in total. The quantitative estimate of drug-likeness (QED) is 0.789.